The van der Waals surface area contributed by atoms with Crippen LogP contribution in [0.3, 0.4) is 0 Å². The Morgan fingerprint density at radius 1 is 1.00 bits per heavy atom. The molecule has 1 saturated heterocycles. The van der Waals surface area contributed by atoms with E-state index in [2.05, 4.69) is 15.4 Å². The van der Waals surface area contributed by atoms with Gasteiger partial charge in [0.15, 0.2) is 5.44 Å². The number of nitrogens with one attached hydrogen (secondary N) is 3. The van der Waals surface area contributed by atoms with Crippen LogP contribution in [0.5, 0.6) is 0 Å². The number of nitrogens with zero attached hydrogens (tertiary/aromatic N) is 1. The van der Waals surface area contributed by atoms with E-state index < -0.39 is 79.5 Å². The molecule has 1 unspecified atom stereocenters. The number of aliphatic hydroxyl groups excluding tert-OH is 1. The van der Waals surface area contributed by atoms with Crippen LogP contribution < -0.4 is 44.9 Å². The number of imide groups is 1. The van der Waals surface area contributed by atoms with Crippen LogP contribution in [0.25, 0.3) is 0 Å². The van der Waals surface area contributed by atoms with Crippen LogP contribution in [0.1, 0.15) is 72.1 Å². The fourth-order valence-electron chi connectivity index (χ4n) is 5.80. The molecular weight excluding hydrogens is 615 g/mol. The molecule has 2 heterocycles. The minimum atomic E-state index is -5.29. The third-order valence-electron chi connectivity index (χ3n) is 8.06. The molecule has 232 valence electrons. The minimum Gasteiger partial charge on any atom is -0.746 e. The third kappa shape index (κ3) is 9.06. The fourth-order valence-corrected chi connectivity index (χ4v) is 7.56. The number of hydrogen-bond donors (Lipinski definition) is 4. The van der Waals surface area contributed by atoms with Gasteiger partial charge in [-0.05, 0) is 37.3 Å². The Kier molecular flexibility index (Phi) is 12.3. The van der Waals surface area contributed by atoms with E-state index in [0.717, 1.165) is 37.0 Å². The number of aliphatic hydroxyl groups is 1. The second kappa shape index (κ2) is 14.9. The first kappa shape index (κ1) is 35.6. The number of amides is 4. The zero-order chi connectivity index (χ0) is 30.7. The summed E-state index contributed by atoms with van der Waals surface area (Å²) >= 11 is 0. The van der Waals surface area contributed by atoms with Gasteiger partial charge in [-0.1, -0.05) is 44.2 Å². The summed E-state index contributed by atoms with van der Waals surface area (Å²) in [5.74, 6) is -4.13. The van der Waals surface area contributed by atoms with Gasteiger partial charge >= 0.3 is 29.6 Å². The maximum absolute atomic E-state index is 13.4. The molecule has 1 aliphatic carbocycles. The Balaban J connectivity index is 0.00000506. The predicted octanol–water partition coefficient (Wildman–Crippen LogP) is -3.58. The van der Waals surface area contributed by atoms with Gasteiger partial charge in [-0.15, -0.1) is 0 Å². The Bertz CT molecular complexity index is 1400. The van der Waals surface area contributed by atoms with Crippen LogP contribution >= 0.6 is 0 Å². The van der Waals surface area contributed by atoms with E-state index in [0.29, 0.717) is 13.0 Å². The molecule has 1 aromatic carbocycles. The van der Waals surface area contributed by atoms with Crippen LogP contribution in [0.4, 0.5) is 0 Å². The number of carbonyl (C=O) groups excluding carboxylic acids is 4. The Morgan fingerprint density at radius 3 is 2.14 bits per heavy atom. The van der Waals surface area contributed by atoms with Gasteiger partial charge in [0.2, 0.25) is 21.8 Å². The molecule has 2 fully saturated rings. The Labute approximate surface area is 272 Å². The number of rotatable bonds is 13. The van der Waals surface area contributed by atoms with Crippen molar-refractivity contribution in [3.63, 3.8) is 0 Å². The molecule has 0 radical (unpaired) electrons. The first-order chi connectivity index (χ1) is 19.8. The summed E-state index contributed by atoms with van der Waals surface area (Å²) in [4.78, 5) is 51.6. The molecule has 0 bridgehead atoms. The molecule has 4 amide bonds. The van der Waals surface area contributed by atoms with Crippen molar-refractivity contribution in [1.29, 1.82) is 0 Å². The molecule has 4 rings (SSSR count). The van der Waals surface area contributed by atoms with Crippen molar-refractivity contribution in [3.8, 4) is 0 Å². The van der Waals surface area contributed by atoms with Crippen molar-refractivity contribution in [1.82, 2.24) is 20.3 Å². The SMILES string of the molecule is O=C1NCC[C@H]1C[C@H](NC(=O)[C@H](CC1CCCCC1)NS(=O)(=O)CCN1C(=O)c2ccccc2C1=O)C(O)S(=O)(=O)[O-].[Na+]. The van der Waals surface area contributed by atoms with Crippen LogP contribution in [-0.4, -0.2) is 91.4 Å². The smallest absolute Gasteiger partial charge is 0.746 e. The topological polar surface area (TPSA) is 219 Å². The van der Waals surface area contributed by atoms with Gasteiger partial charge in [0.1, 0.15) is 16.2 Å². The molecule has 43 heavy (non-hydrogen) atoms. The third-order valence-corrected chi connectivity index (χ3v) is 10.3. The largest absolute Gasteiger partial charge is 1.00 e. The van der Waals surface area contributed by atoms with Crippen molar-refractivity contribution in [2.24, 2.45) is 11.8 Å². The summed E-state index contributed by atoms with van der Waals surface area (Å²) in [6.07, 6.45) is 4.27. The maximum atomic E-state index is 13.4. The average Bonchev–Trinajstić information content (AvgIpc) is 3.45. The quantitative estimate of drug-likeness (QED) is 0.0934. The summed E-state index contributed by atoms with van der Waals surface area (Å²) in [5, 5.41) is 15.1. The first-order valence-electron chi connectivity index (χ1n) is 13.9. The van der Waals surface area contributed by atoms with Crippen LogP contribution in [0.2, 0.25) is 0 Å². The molecule has 1 saturated carbocycles. The molecule has 0 aromatic heterocycles. The van der Waals surface area contributed by atoms with E-state index in [1.54, 1.807) is 12.1 Å². The van der Waals surface area contributed by atoms with Crippen molar-refractivity contribution in [2.75, 3.05) is 18.8 Å². The average molecular weight is 651 g/mol. The molecular formula is C26H35N4NaO10S2. The van der Waals surface area contributed by atoms with Crippen LogP contribution in [0, 0.1) is 11.8 Å². The van der Waals surface area contributed by atoms with E-state index in [1.807, 2.05) is 0 Å². The second-order valence-electron chi connectivity index (χ2n) is 11.0. The number of hydrogen-bond acceptors (Lipinski definition) is 10. The molecule has 4 N–H and O–H groups in total. The Hall–Kier alpha value is -1.92. The van der Waals surface area contributed by atoms with E-state index in [4.69, 9.17) is 0 Å². The summed E-state index contributed by atoms with van der Waals surface area (Å²) in [6, 6.07) is 3.04. The molecule has 2 aliphatic heterocycles. The molecule has 14 nitrogen and oxygen atoms in total. The van der Waals surface area contributed by atoms with Gasteiger partial charge in [-0.25, -0.2) is 21.6 Å². The van der Waals surface area contributed by atoms with Gasteiger partial charge in [0, 0.05) is 19.0 Å². The summed E-state index contributed by atoms with van der Waals surface area (Å²) in [7, 11) is -9.57. The number of benzene rings is 1. The van der Waals surface area contributed by atoms with Crippen molar-refractivity contribution < 1.29 is 75.2 Å². The van der Waals surface area contributed by atoms with E-state index in [1.165, 1.54) is 12.1 Å². The Morgan fingerprint density at radius 2 is 1.60 bits per heavy atom. The van der Waals surface area contributed by atoms with Gasteiger partial charge in [-0.2, -0.15) is 0 Å². The van der Waals surface area contributed by atoms with Crippen molar-refractivity contribution in [3.05, 3.63) is 35.4 Å². The van der Waals surface area contributed by atoms with E-state index in [9.17, 15) is 45.7 Å². The van der Waals surface area contributed by atoms with Crippen LogP contribution in [0.15, 0.2) is 24.3 Å². The van der Waals surface area contributed by atoms with E-state index in [-0.39, 0.29) is 59.4 Å². The predicted molar refractivity (Wildman–Crippen MR) is 147 cm³/mol. The van der Waals surface area contributed by atoms with Gasteiger partial charge < -0.3 is 20.3 Å². The summed E-state index contributed by atoms with van der Waals surface area (Å²) < 4.78 is 63.5. The standard InChI is InChI=1S/C26H36N4O10S2.Na/c31-22-17(10-11-27-22)15-21(26(35)42(38,39)40)28-23(32)20(14-16-6-2-1-3-7-16)29-41(36,37)13-12-30-24(33)18-8-4-5-9-19(18)25(30)34;/h4-5,8-9,16-17,20-21,26,29,35H,1-3,6-7,10-15H2,(H,27,31)(H,28,32)(H,38,39,40);/q;+1/p-1/t17-,20-,21-,26?;/m0./s1. The maximum Gasteiger partial charge on any atom is 1.00 e. The zero-order valence-electron chi connectivity index (χ0n) is 23.9. The van der Waals surface area contributed by atoms with Gasteiger partial charge in [-0.3, -0.25) is 24.1 Å². The van der Waals surface area contributed by atoms with E-state index >= 15 is 0 Å². The van der Waals surface area contributed by atoms with Crippen molar-refractivity contribution >= 4 is 43.8 Å². The normalized spacial score (nSPS) is 21.5. The van der Waals surface area contributed by atoms with Gasteiger partial charge in [0.25, 0.3) is 11.8 Å². The fraction of sp³-hybridized carbons (Fsp3) is 0.615. The first-order valence-corrected chi connectivity index (χ1v) is 17.1. The zero-order valence-corrected chi connectivity index (χ0v) is 27.5. The second-order valence-corrected chi connectivity index (χ2v) is 14.4. The summed E-state index contributed by atoms with van der Waals surface area (Å²) in [6.45, 7) is -0.159. The molecule has 1 aromatic rings. The van der Waals surface area contributed by atoms with Crippen molar-refractivity contribution in [2.45, 2.75) is 68.9 Å². The number of fused-ring (bicyclic) bond motifs is 1. The summed E-state index contributed by atoms with van der Waals surface area (Å²) in [5.41, 5.74) is -2.23. The molecule has 3 aliphatic rings. The van der Waals surface area contributed by atoms with Crippen LogP contribution in [-0.2, 0) is 29.7 Å². The monoisotopic (exact) mass is 650 g/mol. The number of sulfonamides is 1. The minimum absolute atomic E-state index is 0. The number of carbonyl (C=O) groups is 4. The molecule has 4 atom stereocenters. The van der Waals surface area contributed by atoms with Gasteiger partial charge in [0.05, 0.1) is 22.9 Å². The molecule has 0 spiro atoms. The molecule has 17 heteroatoms.